The first-order chi connectivity index (χ1) is 13.1. The van der Waals surface area contributed by atoms with Gasteiger partial charge in [0.15, 0.2) is 5.65 Å². The van der Waals surface area contributed by atoms with Gasteiger partial charge in [-0.05, 0) is 30.7 Å². The number of alkyl halides is 3. The van der Waals surface area contributed by atoms with Crippen molar-refractivity contribution in [3.05, 3.63) is 51.8 Å². The van der Waals surface area contributed by atoms with E-state index in [1.807, 2.05) is 0 Å². The number of nitrogens with zero attached hydrogens (tertiary/aromatic N) is 4. The van der Waals surface area contributed by atoms with E-state index in [4.69, 9.17) is 27.7 Å². The van der Waals surface area contributed by atoms with Gasteiger partial charge in [0.2, 0.25) is 5.82 Å². The molecule has 0 unspecified atom stereocenters. The maximum absolute atomic E-state index is 13.0. The van der Waals surface area contributed by atoms with Crippen LogP contribution in [0.2, 0.25) is 10.0 Å². The molecule has 0 spiro atoms. The molecule has 144 valence electrons. The summed E-state index contributed by atoms with van der Waals surface area (Å²) >= 11 is 12.0. The van der Waals surface area contributed by atoms with E-state index >= 15 is 0 Å². The highest BCUT2D eigenvalue weighted by atomic mass is 35.5. The molecule has 0 amide bonds. The van der Waals surface area contributed by atoms with Crippen molar-refractivity contribution in [3.8, 4) is 28.7 Å². The third-order valence-electron chi connectivity index (χ3n) is 4.01. The summed E-state index contributed by atoms with van der Waals surface area (Å²) in [6.45, 7) is 1.68. The van der Waals surface area contributed by atoms with Gasteiger partial charge in [-0.1, -0.05) is 28.4 Å². The van der Waals surface area contributed by atoms with E-state index in [-0.39, 0.29) is 38.9 Å². The first kappa shape index (κ1) is 18.6. The second-order valence-corrected chi connectivity index (χ2v) is 6.79. The van der Waals surface area contributed by atoms with Crippen molar-refractivity contribution < 1.29 is 22.8 Å². The smallest absolute Gasteiger partial charge is 0.417 e. The van der Waals surface area contributed by atoms with Gasteiger partial charge in [0.1, 0.15) is 11.4 Å². The summed E-state index contributed by atoms with van der Waals surface area (Å²) in [6, 6.07) is 3.74. The topological polar surface area (TPSA) is 76.5 Å². The first-order valence-electron chi connectivity index (χ1n) is 7.72. The average molecular weight is 429 g/mol. The molecule has 4 aromatic rings. The Balaban J connectivity index is 1.78. The van der Waals surface area contributed by atoms with Crippen LogP contribution in [0.15, 0.2) is 35.1 Å². The fourth-order valence-electron chi connectivity index (χ4n) is 2.59. The largest absolute Gasteiger partial charge is 0.508 e. The van der Waals surface area contributed by atoms with Crippen molar-refractivity contribution in [1.82, 2.24) is 19.5 Å². The Bertz CT molecular complexity index is 1220. The average Bonchev–Trinajstić information content (AvgIpc) is 3.24. The zero-order valence-corrected chi connectivity index (χ0v) is 15.4. The van der Waals surface area contributed by atoms with Crippen LogP contribution in [-0.2, 0) is 6.18 Å². The Labute approximate surface area is 165 Å². The van der Waals surface area contributed by atoms with Crippen molar-refractivity contribution >= 4 is 28.8 Å². The van der Waals surface area contributed by atoms with E-state index in [9.17, 15) is 18.3 Å². The summed E-state index contributed by atoms with van der Waals surface area (Å²) in [6.07, 6.45) is -2.37. The van der Waals surface area contributed by atoms with Crippen LogP contribution < -0.4 is 0 Å². The second kappa shape index (κ2) is 6.39. The third-order valence-corrected chi connectivity index (χ3v) is 4.60. The Morgan fingerprint density at radius 3 is 2.54 bits per heavy atom. The predicted octanol–water partition coefficient (Wildman–Crippen LogP) is 5.39. The lowest BCUT2D eigenvalue weighted by molar-refractivity contribution is -0.137. The predicted molar refractivity (Wildman–Crippen MR) is 95.3 cm³/mol. The molecule has 0 saturated carbocycles. The molecule has 0 fully saturated rings. The van der Waals surface area contributed by atoms with Gasteiger partial charge in [-0.15, -0.1) is 0 Å². The van der Waals surface area contributed by atoms with E-state index in [1.165, 1.54) is 12.3 Å². The molecule has 0 bridgehead atoms. The summed E-state index contributed by atoms with van der Waals surface area (Å²) < 4.78 is 45.2. The Morgan fingerprint density at radius 1 is 1.07 bits per heavy atom. The fourth-order valence-corrected chi connectivity index (χ4v) is 3.09. The molecule has 1 aromatic carbocycles. The number of aromatic nitrogens is 4. The number of aryl methyl sites for hydroxylation is 1. The number of phenolic OH excluding ortho intramolecular Hbond substituents is 1. The summed E-state index contributed by atoms with van der Waals surface area (Å²) in [4.78, 5) is 8.35. The molecule has 4 rings (SSSR count). The molecular formula is C17H9Cl2F3N4O2. The number of imidazole rings is 1. The van der Waals surface area contributed by atoms with E-state index < -0.39 is 11.7 Å². The van der Waals surface area contributed by atoms with Crippen LogP contribution in [0, 0.1) is 6.92 Å². The van der Waals surface area contributed by atoms with Crippen molar-refractivity contribution in [2.24, 2.45) is 0 Å². The van der Waals surface area contributed by atoms with Crippen LogP contribution in [0.25, 0.3) is 28.6 Å². The van der Waals surface area contributed by atoms with Crippen molar-refractivity contribution in [1.29, 1.82) is 0 Å². The second-order valence-electron chi connectivity index (χ2n) is 5.97. The number of halogens is 5. The molecule has 11 heteroatoms. The van der Waals surface area contributed by atoms with Gasteiger partial charge in [-0.25, -0.2) is 4.98 Å². The van der Waals surface area contributed by atoms with Crippen molar-refractivity contribution in [3.63, 3.8) is 0 Å². The third kappa shape index (κ3) is 3.16. The van der Waals surface area contributed by atoms with Crippen LogP contribution in [0.3, 0.4) is 0 Å². The van der Waals surface area contributed by atoms with E-state index in [0.29, 0.717) is 11.1 Å². The zero-order valence-electron chi connectivity index (χ0n) is 13.9. The van der Waals surface area contributed by atoms with Crippen molar-refractivity contribution in [2.45, 2.75) is 13.1 Å². The van der Waals surface area contributed by atoms with Gasteiger partial charge < -0.3 is 14.0 Å². The highest BCUT2D eigenvalue weighted by Gasteiger charge is 2.32. The SMILES string of the molecule is Cc1cc(-c2noc(-c3cn4cc(C(F)(F)F)cc(Cl)c4n3)n2)c(Cl)cc1O. The molecule has 0 aliphatic rings. The minimum absolute atomic E-state index is 0.0212. The van der Waals surface area contributed by atoms with Crippen LogP contribution >= 0.6 is 23.2 Å². The Hall–Kier alpha value is -2.78. The highest BCUT2D eigenvalue weighted by Crippen LogP contribution is 2.35. The van der Waals surface area contributed by atoms with E-state index in [2.05, 4.69) is 15.1 Å². The monoisotopic (exact) mass is 428 g/mol. The Morgan fingerprint density at radius 2 is 1.82 bits per heavy atom. The van der Waals surface area contributed by atoms with Gasteiger partial charge in [0, 0.05) is 18.0 Å². The van der Waals surface area contributed by atoms with E-state index in [0.717, 1.165) is 16.7 Å². The maximum atomic E-state index is 13.0. The molecule has 0 atom stereocenters. The fraction of sp³-hybridized carbons (Fsp3) is 0.118. The van der Waals surface area contributed by atoms with Crippen LogP contribution in [-0.4, -0.2) is 24.6 Å². The van der Waals surface area contributed by atoms with Crippen molar-refractivity contribution in [2.75, 3.05) is 0 Å². The molecule has 0 saturated heterocycles. The number of fused-ring (bicyclic) bond motifs is 1. The van der Waals surface area contributed by atoms with Crippen LogP contribution in [0.1, 0.15) is 11.1 Å². The first-order valence-corrected chi connectivity index (χ1v) is 8.48. The Kier molecular flexibility index (Phi) is 4.24. The number of hydrogen-bond acceptors (Lipinski definition) is 5. The lowest BCUT2D eigenvalue weighted by Gasteiger charge is -2.07. The van der Waals surface area contributed by atoms with E-state index in [1.54, 1.807) is 13.0 Å². The van der Waals surface area contributed by atoms with Gasteiger partial charge in [0.05, 0.1) is 15.6 Å². The number of benzene rings is 1. The number of rotatable bonds is 2. The number of pyridine rings is 1. The van der Waals surface area contributed by atoms with Gasteiger partial charge in [-0.2, -0.15) is 18.2 Å². The standard InChI is InChI=1S/C17H9Cl2F3N4O2/c1-7-2-9(10(18)4-13(7)27)14-24-16(28-25-14)12-6-26-5-8(17(20,21)22)3-11(19)15(26)23-12/h2-6,27H,1H3. The number of hydrogen-bond donors (Lipinski definition) is 1. The molecule has 28 heavy (non-hydrogen) atoms. The van der Waals surface area contributed by atoms with Crippen LogP contribution in [0.4, 0.5) is 13.2 Å². The van der Waals surface area contributed by atoms with Crippen LogP contribution in [0.5, 0.6) is 5.75 Å². The minimum Gasteiger partial charge on any atom is -0.508 e. The lowest BCUT2D eigenvalue weighted by atomic mass is 10.1. The summed E-state index contributed by atoms with van der Waals surface area (Å²) in [5, 5.41) is 13.6. The molecule has 6 nitrogen and oxygen atoms in total. The lowest BCUT2D eigenvalue weighted by Crippen LogP contribution is -2.06. The summed E-state index contributed by atoms with van der Waals surface area (Å²) in [7, 11) is 0. The number of phenols is 1. The zero-order chi connectivity index (χ0) is 20.2. The molecule has 0 radical (unpaired) electrons. The summed E-state index contributed by atoms with van der Waals surface area (Å²) in [5.41, 5.74) is 0.333. The molecule has 0 aliphatic carbocycles. The molecule has 3 heterocycles. The molecular weight excluding hydrogens is 420 g/mol. The molecule has 1 N–H and O–H groups in total. The van der Waals surface area contributed by atoms with Gasteiger partial charge in [-0.3, -0.25) is 0 Å². The molecule has 3 aromatic heterocycles. The highest BCUT2D eigenvalue weighted by molar-refractivity contribution is 6.33. The minimum atomic E-state index is -4.55. The quantitative estimate of drug-likeness (QED) is 0.463. The summed E-state index contributed by atoms with van der Waals surface area (Å²) in [5.74, 6) is 0.139. The van der Waals surface area contributed by atoms with Gasteiger partial charge >= 0.3 is 6.18 Å². The maximum Gasteiger partial charge on any atom is 0.417 e. The molecule has 0 aliphatic heterocycles. The van der Waals surface area contributed by atoms with Gasteiger partial charge in [0.25, 0.3) is 5.89 Å². The number of aromatic hydroxyl groups is 1. The normalized spacial score (nSPS) is 12.1.